The fourth-order valence-electron chi connectivity index (χ4n) is 1.71. The Hall–Kier alpha value is -1.74. The van der Waals surface area contributed by atoms with E-state index in [0.29, 0.717) is 0 Å². The second kappa shape index (κ2) is 4.02. The van der Waals surface area contributed by atoms with E-state index in [4.69, 9.17) is 4.42 Å². The number of thiophene rings is 1. The van der Waals surface area contributed by atoms with Gasteiger partial charge < -0.3 is 9.73 Å². The molecule has 0 spiro atoms. The summed E-state index contributed by atoms with van der Waals surface area (Å²) in [5.74, 6) is 0.954. The van der Waals surface area contributed by atoms with Gasteiger partial charge in [0.05, 0.1) is 18.5 Å². The van der Waals surface area contributed by atoms with E-state index >= 15 is 0 Å². The third-order valence-corrected chi connectivity index (χ3v) is 3.48. The van der Waals surface area contributed by atoms with Gasteiger partial charge in [0.25, 0.3) is 0 Å². The Morgan fingerprint density at radius 3 is 2.94 bits per heavy atom. The second-order valence-corrected chi connectivity index (χ2v) is 4.49. The lowest BCUT2D eigenvalue weighted by Crippen LogP contribution is -1.96. The maximum Gasteiger partial charge on any atom is 0.122 e. The number of hydrogen-bond acceptors (Lipinski definition) is 3. The number of furan rings is 1. The molecule has 80 valence electrons. The van der Waals surface area contributed by atoms with E-state index in [1.165, 1.54) is 15.8 Å². The lowest BCUT2D eigenvalue weighted by Gasteiger charge is -2.02. The standard InChI is InChI=1S/C13H11NOS/c1-2-6-13-11(5-1)12(9-16-13)14-8-10-4-3-7-15-10/h1-7,9,14H,8H2. The third kappa shape index (κ3) is 1.70. The highest BCUT2D eigenvalue weighted by molar-refractivity contribution is 7.17. The first kappa shape index (κ1) is 9.48. The molecule has 0 bridgehead atoms. The van der Waals surface area contributed by atoms with Crippen molar-refractivity contribution >= 4 is 27.1 Å². The summed E-state index contributed by atoms with van der Waals surface area (Å²) in [5, 5.41) is 6.81. The van der Waals surface area contributed by atoms with Crippen molar-refractivity contribution in [1.82, 2.24) is 0 Å². The van der Waals surface area contributed by atoms with Gasteiger partial charge in [-0.1, -0.05) is 18.2 Å². The first-order valence-electron chi connectivity index (χ1n) is 5.16. The predicted octanol–water partition coefficient (Wildman–Crippen LogP) is 4.11. The summed E-state index contributed by atoms with van der Waals surface area (Å²) in [5.41, 5.74) is 1.18. The van der Waals surface area contributed by atoms with Crippen LogP contribution in [0, 0.1) is 0 Å². The number of nitrogens with one attached hydrogen (secondary N) is 1. The third-order valence-electron chi connectivity index (χ3n) is 2.51. The van der Waals surface area contributed by atoms with Crippen LogP contribution >= 0.6 is 11.3 Å². The summed E-state index contributed by atoms with van der Waals surface area (Å²) in [6.07, 6.45) is 1.70. The van der Waals surface area contributed by atoms with Gasteiger partial charge in [-0.25, -0.2) is 0 Å². The van der Waals surface area contributed by atoms with Gasteiger partial charge >= 0.3 is 0 Å². The first-order valence-corrected chi connectivity index (χ1v) is 6.04. The van der Waals surface area contributed by atoms with Gasteiger partial charge in [0.2, 0.25) is 0 Å². The average molecular weight is 229 g/mol. The summed E-state index contributed by atoms with van der Waals surface area (Å²) in [6, 6.07) is 12.3. The molecule has 2 aromatic heterocycles. The fourth-order valence-corrected chi connectivity index (χ4v) is 2.63. The molecule has 0 aliphatic carbocycles. The van der Waals surface area contributed by atoms with Crippen LogP contribution in [0.4, 0.5) is 5.69 Å². The lowest BCUT2D eigenvalue weighted by atomic mass is 10.2. The van der Waals surface area contributed by atoms with Gasteiger partial charge in [0.1, 0.15) is 5.76 Å². The van der Waals surface area contributed by atoms with Crippen molar-refractivity contribution in [2.45, 2.75) is 6.54 Å². The molecule has 3 aromatic rings. The molecule has 0 saturated carbocycles. The molecule has 0 saturated heterocycles. The zero-order valence-corrected chi connectivity index (χ0v) is 9.46. The minimum Gasteiger partial charge on any atom is -0.467 e. The van der Waals surface area contributed by atoms with E-state index in [-0.39, 0.29) is 0 Å². The molecule has 1 aromatic carbocycles. The molecule has 0 unspecified atom stereocenters. The van der Waals surface area contributed by atoms with Crippen molar-refractivity contribution in [2.24, 2.45) is 0 Å². The smallest absolute Gasteiger partial charge is 0.122 e. The molecular formula is C13H11NOS. The average Bonchev–Trinajstić information content (AvgIpc) is 2.96. The van der Waals surface area contributed by atoms with Crippen LogP contribution in [0.25, 0.3) is 10.1 Å². The maximum atomic E-state index is 5.28. The maximum absolute atomic E-state index is 5.28. The van der Waals surface area contributed by atoms with Crippen molar-refractivity contribution in [1.29, 1.82) is 0 Å². The SMILES string of the molecule is c1coc(CNc2csc3ccccc23)c1. The van der Waals surface area contributed by atoms with Crippen molar-refractivity contribution in [3.8, 4) is 0 Å². The number of benzene rings is 1. The molecule has 3 rings (SSSR count). The summed E-state index contributed by atoms with van der Waals surface area (Å²) < 4.78 is 6.59. The van der Waals surface area contributed by atoms with E-state index in [9.17, 15) is 0 Å². The van der Waals surface area contributed by atoms with Crippen LogP contribution < -0.4 is 5.32 Å². The Bertz CT molecular complexity index is 583. The molecule has 0 radical (unpaired) electrons. The predicted molar refractivity (Wildman–Crippen MR) is 67.9 cm³/mol. The highest BCUT2D eigenvalue weighted by atomic mass is 32.1. The Morgan fingerprint density at radius 2 is 2.06 bits per heavy atom. The zero-order valence-electron chi connectivity index (χ0n) is 8.64. The van der Waals surface area contributed by atoms with E-state index in [1.54, 1.807) is 17.6 Å². The van der Waals surface area contributed by atoms with Gasteiger partial charge in [-0.3, -0.25) is 0 Å². The van der Waals surface area contributed by atoms with Gasteiger partial charge in [-0.2, -0.15) is 0 Å². The number of fused-ring (bicyclic) bond motifs is 1. The summed E-state index contributed by atoms with van der Waals surface area (Å²) in [4.78, 5) is 0. The van der Waals surface area contributed by atoms with Crippen LogP contribution in [-0.4, -0.2) is 0 Å². The molecule has 0 atom stereocenters. The highest BCUT2D eigenvalue weighted by Crippen LogP contribution is 2.30. The van der Waals surface area contributed by atoms with Gasteiger partial charge in [0, 0.05) is 15.5 Å². The molecular weight excluding hydrogens is 218 g/mol. The minimum absolute atomic E-state index is 0.730. The molecule has 0 amide bonds. The molecule has 3 heteroatoms. The largest absolute Gasteiger partial charge is 0.467 e. The molecule has 0 aliphatic rings. The summed E-state index contributed by atoms with van der Waals surface area (Å²) in [7, 11) is 0. The number of hydrogen-bond donors (Lipinski definition) is 1. The summed E-state index contributed by atoms with van der Waals surface area (Å²) >= 11 is 1.76. The van der Waals surface area contributed by atoms with Gasteiger partial charge in [0.15, 0.2) is 0 Å². The van der Waals surface area contributed by atoms with Crippen LogP contribution in [0.15, 0.2) is 52.5 Å². The van der Waals surface area contributed by atoms with Gasteiger partial charge in [-0.05, 0) is 18.2 Å². The molecule has 16 heavy (non-hydrogen) atoms. The summed E-state index contributed by atoms with van der Waals surface area (Å²) in [6.45, 7) is 0.730. The van der Waals surface area contributed by atoms with Crippen LogP contribution in [0.3, 0.4) is 0 Å². The van der Waals surface area contributed by atoms with Crippen molar-refractivity contribution in [3.63, 3.8) is 0 Å². The number of anilines is 1. The fraction of sp³-hybridized carbons (Fsp3) is 0.0769. The van der Waals surface area contributed by atoms with Gasteiger partial charge in [-0.15, -0.1) is 11.3 Å². The Labute approximate surface area is 97.5 Å². The molecule has 0 fully saturated rings. The van der Waals surface area contributed by atoms with Crippen LogP contribution in [0.2, 0.25) is 0 Å². The van der Waals surface area contributed by atoms with Crippen LogP contribution in [0.5, 0.6) is 0 Å². The zero-order chi connectivity index (χ0) is 10.8. The monoisotopic (exact) mass is 229 g/mol. The lowest BCUT2D eigenvalue weighted by molar-refractivity contribution is 0.518. The van der Waals surface area contributed by atoms with E-state index in [1.807, 2.05) is 12.1 Å². The molecule has 2 heterocycles. The Kier molecular flexibility index (Phi) is 2.38. The van der Waals surface area contributed by atoms with E-state index in [2.05, 4.69) is 35.0 Å². The molecule has 1 N–H and O–H groups in total. The normalized spacial score (nSPS) is 10.8. The van der Waals surface area contributed by atoms with Crippen molar-refractivity contribution in [2.75, 3.05) is 5.32 Å². The van der Waals surface area contributed by atoms with Crippen molar-refractivity contribution < 1.29 is 4.42 Å². The van der Waals surface area contributed by atoms with Crippen LogP contribution in [-0.2, 0) is 6.54 Å². The van der Waals surface area contributed by atoms with E-state index < -0.39 is 0 Å². The minimum atomic E-state index is 0.730. The number of rotatable bonds is 3. The van der Waals surface area contributed by atoms with Crippen LogP contribution in [0.1, 0.15) is 5.76 Å². The topological polar surface area (TPSA) is 25.2 Å². The molecule has 2 nitrogen and oxygen atoms in total. The highest BCUT2D eigenvalue weighted by Gasteiger charge is 2.03. The first-order chi connectivity index (χ1) is 7.93. The molecule has 0 aliphatic heterocycles. The van der Waals surface area contributed by atoms with E-state index in [0.717, 1.165) is 12.3 Å². The Morgan fingerprint density at radius 1 is 1.12 bits per heavy atom. The quantitative estimate of drug-likeness (QED) is 0.731. The Balaban J connectivity index is 1.84. The second-order valence-electron chi connectivity index (χ2n) is 3.58. The van der Waals surface area contributed by atoms with Crippen molar-refractivity contribution in [3.05, 3.63) is 53.8 Å².